The van der Waals surface area contributed by atoms with Crippen molar-refractivity contribution in [2.24, 2.45) is 0 Å². The van der Waals surface area contributed by atoms with Crippen LogP contribution in [0.4, 0.5) is 0 Å². The third-order valence-electron chi connectivity index (χ3n) is 20.3. The van der Waals surface area contributed by atoms with E-state index in [1.165, 1.54) is 127 Å². The molecule has 0 aliphatic carbocycles. The van der Waals surface area contributed by atoms with Crippen LogP contribution in [0.25, 0.3) is 206 Å². The fraction of sp³-hybridized carbons (Fsp3) is 0. The van der Waals surface area contributed by atoms with Crippen molar-refractivity contribution >= 4 is 172 Å². The molecule has 0 aliphatic heterocycles. The Morgan fingerprint density at radius 2 is 0.620 bits per heavy atom. The van der Waals surface area contributed by atoms with Crippen LogP contribution in [0.1, 0.15) is 0 Å². The molecule has 6 aromatic heterocycles. The Labute approximate surface area is 580 Å². The van der Waals surface area contributed by atoms with Gasteiger partial charge in [0.2, 0.25) is 0 Å². The maximum atomic E-state index is 5.27. The zero-order valence-electron chi connectivity index (χ0n) is 53.7. The van der Waals surface area contributed by atoms with Crippen LogP contribution in [-0.4, -0.2) is 29.1 Å². The predicted molar refractivity (Wildman–Crippen MR) is 425 cm³/mol. The summed E-state index contributed by atoms with van der Waals surface area (Å²) in [6, 6.07) is 117. The standard InChI is InChI=1S/2C46H27N3S/c1-2-14-31-28(12-1)13-11-20-34(31)43-35-17-5-8-21-38(35)47-46(48-43)29-24-26-30(27-25-29)49-39-22-9-6-18-36(39)41-32-15-3-4-16-33(32)42-37-19-7-10-23-40(37)50-45(42)44(41)49;1-2-12-30-27-31(22-21-28(30)11-1)43-35-15-5-8-18-38(35)47-46(48-43)29-23-25-32(26-24-29)49-39-19-9-6-16-36(39)41-33-13-3-4-14-34(33)42-37-17-7-10-20-40(37)50-45(42)44(41)49/h2*1-27H. The quantitative estimate of drug-likeness (QED) is 0.166. The summed E-state index contributed by atoms with van der Waals surface area (Å²) in [5.41, 5.74) is 15.1. The van der Waals surface area contributed by atoms with Gasteiger partial charge in [-0.1, -0.05) is 237 Å². The molecule has 0 saturated heterocycles. The zero-order chi connectivity index (χ0) is 65.5. The Morgan fingerprint density at radius 1 is 0.240 bits per heavy atom. The summed E-state index contributed by atoms with van der Waals surface area (Å²) < 4.78 is 10.2. The Hall–Kier alpha value is -12.7. The van der Waals surface area contributed by atoms with E-state index < -0.39 is 0 Å². The van der Waals surface area contributed by atoms with E-state index in [1.54, 1.807) is 0 Å². The van der Waals surface area contributed by atoms with E-state index in [9.17, 15) is 0 Å². The van der Waals surface area contributed by atoms with E-state index in [2.05, 4.69) is 331 Å². The van der Waals surface area contributed by atoms with Gasteiger partial charge < -0.3 is 9.13 Å². The molecule has 100 heavy (non-hydrogen) atoms. The molecule has 0 fully saturated rings. The van der Waals surface area contributed by atoms with Crippen molar-refractivity contribution in [1.82, 2.24) is 29.1 Å². The van der Waals surface area contributed by atoms with Gasteiger partial charge in [-0.2, -0.15) is 0 Å². The third-order valence-corrected chi connectivity index (χ3v) is 22.7. The summed E-state index contributed by atoms with van der Waals surface area (Å²) in [4.78, 5) is 20.6. The average Bonchev–Trinajstić information content (AvgIpc) is 1.54. The average molecular weight is 1310 g/mol. The Bertz CT molecular complexity index is 7150. The number of aromatic nitrogens is 6. The van der Waals surface area contributed by atoms with Crippen molar-refractivity contribution in [3.05, 3.63) is 328 Å². The van der Waals surface area contributed by atoms with E-state index in [0.29, 0.717) is 0 Å². The van der Waals surface area contributed by atoms with E-state index in [-0.39, 0.29) is 0 Å². The molecule has 22 rings (SSSR count). The van der Waals surface area contributed by atoms with Crippen LogP contribution in [0.5, 0.6) is 0 Å². The van der Waals surface area contributed by atoms with Gasteiger partial charge in [0, 0.05) is 96.9 Å². The molecule has 0 saturated carbocycles. The van der Waals surface area contributed by atoms with Crippen molar-refractivity contribution in [3.63, 3.8) is 0 Å². The number of hydrogen-bond donors (Lipinski definition) is 0. The van der Waals surface area contributed by atoms with Crippen LogP contribution in [-0.2, 0) is 0 Å². The van der Waals surface area contributed by atoms with Crippen molar-refractivity contribution in [2.75, 3.05) is 0 Å². The molecule has 0 spiro atoms. The molecule has 0 unspecified atom stereocenters. The molecule has 0 amide bonds. The van der Waals surface area contributed by atoms with Crippen LogP contribution >= 0.6 is 22.7 Å². The number of rotatable bonds is 6. The van der Waals surface area contributed by atoms with Crippen molar-refractivity contribution in [1.29, 1.82) is 0 Å². The molecular weight excluding hydrogens is 1250 g/mol. The minimum Gasteiger partial charge on any atom is -0.308 e. The summed E-state index contributed by atoms with van der Waals surface area (Å²) in [5, 5.41) is 22.5. The monoisotopic (exact) mass is 1310 g/mol. The second kappa shape index (κ2) is 22.4. The van der Waals surface area contributed by atoms with Gasteiger partial charge in [0.05, 0.1) is 53.9 Å². The summed E-state index contributed by atoms with van der Waals surface area (Å²) >= 11 is 3.78. The first-order valence-corrected chi connectivity index (χ1v) is 35.5. The van der Waals surface area contributed by atoms with Gasteiger partial charge in [-0.25, -0.2) is 19.9 Å². The lowest BCUT2D eigenvalue weighted by atomic mass is 9.99. The van der Waals surface area contributed by atoms with Gasteiger partial charge >= 0.3 is 0 Å². The zero-order valence-corrected chi connectivity index (χ0v) is 55.3. The molecule has 8 heteroatoms. The topological polar surface area (TPSA) is 61.4 Å². The van der Waals surface area contributed by atoms with Gasteiger partial charge in [0.1, 0.15) is 0 Å². The third kappa shape index (κ3) is 8.67. The fourth-order valence-corrected chi connectivity index (χ4v) is 18.4. The maximum absolute atomic E-state index is 5.27. The van der Waals surface area contributed by atoms with E-state index in [0.717, 1.165) is 78.5 Å². The minimum absolute atomic E-state index is 0.721. The largest absolute Gasteiger partial charge is 0.308 e. The molecule has 0 aliphatic rings. The van der Waals surface area contributed by atoms with E-state index in [1.807, 2.05) is 28.7 Å². The van der Waals surface area contributed by atoms with Gasteiger partial charge in [-0.3, -0.25) is 0 Å². The summed E-state index contributed by atoms with van der Waals surface area (Å²) in [7, 11) is 0. The highest BCUT2D eigenvalue weighted by molar-refractivity contribution is 7.27. The lowest BCUT2D eigenvalue weighted by molar-refractivity contribution is 1.18. The molecule has 0 N–H and O–H groups in total. The van der Waals surface area contributed by atoms with Gasteiger partial charge in [0.25, 0.3) is 0 Å². The Morgan fingerprint density at radius 3 is 1.15 bits per heavy atom. The number of hydrogen-bond acceptors (Lipinski definition) is 6. The van der Waals surface area contributed by atoms with Crippen LogP contribution in [0.2, 0.25) is 0 Å². The van der Waals surface area contributed by atoms with Crippen molar-refractivity contribution in [2.45, 2.75) is 0 Å². The fourth-order valence-electron chi connectivity index (χ4n) is 15.9. The summed E-state index contributed by atoms with van der Waals surface area (Å²) in [6.07, 6.45) is 0. The normalized spacial score (nSPS) is 12.0. The lowest BCUT2D eigenvalue weighted by Gasteiger charge is -2.13. The van der Waals surface area contributed by atoms with Crippen LogP contribution in [0.3, 0.4) is 0 Å². The number of nitrogens with zero attached hydrogens (tertiary/aromatic N) is 6. The highest BCUT2D eigenvalue weighted by atomic mass is 32.1. The Kier molecular flexibility index (Phi) is 12.7. The lowest BCUT2D eigenvalue weighted by Crippen LogP contribution is -1.97. The smallest absolute Gasteiger partial charge is 0.160 e. The van der Waals surface area contributed by atoms with Gasteiger partial charge in [-0.15, -0.1) is 22.7 Å². The molecule has 0 radical (unpaired) electrons. The molecule has 6 nitrogen and oxygen atoms in total. The molecule has 0 bridgehead atoms. The first-order chi connectivity index (χ1) is 49.6. The van der Waals surface area contributed by atoms with E-state index in [4.69, 9.17) is 19.9 Å². The van der Waals surface area contributed by atoms with E-state index >= 15 is 0 Å². The molecule has 16 aromatic carbocycles. The number of para-hydroxylation sites is 4. The number of benzene rings is 16. The Balaban J connectivity index is 0.000000131. The van der Waals surface area contributed by atoms with Gasteiger partial charge in [0.15, 0.2) is 11.6 Å². The first-order valence-electron chi connectivity index (χ1n) is 33.8. The van der Waals surface area contributed by atoms with Crippen molar-refractivity contribution in [3.8, 4) is 56.7 Å². The second-order valence-electron chi connectivity index (χ2n) is 25.9. The molecule has 22 aromatic rings. The van der Waals surface area contributed by atoms with Gasteiger partial charge in [-0.05, 0) is 134 Å². The van der Waals surface area contributed by atoms with Crippen LogP contribution < -0.4 is 0 Å². The highest BCUT2D eigenvalue weighted by Gasteiger charge is 2.25. The predicted octanol–water partition coefficient (Wildman–Crippen LogP) is 25.5. The molecular formula is C92H54N6S2. The maximum Gasteiger partial charge on any atom is 0.160 e. The van der Waals surface area contributed by atoms with Crippen LogP contribution in [0, 0.1) is 0 Å². The SMILES string of the molecule is c1ccc2c(-c3nc(-c4ccc(-n5c6ccccc6c6c7ccccc7c7c8ccccc8sc7c65)cc4)nc4ccccc34)cccc2c1.c1ccc2cc(-c3nc(-c4ccc(-n5c6ccccc6c6c7ccccc7c7c8ccccc8sc7c65)cc4)nc4ccccc34)ccc2c1. The summed E-state index contributed by atoms with van der Waals surface area (Å²) in [6.45, 7) is 0. The number of thiophene rings is 2. The summed E-state index contributed by atoms with van der Waals surface area (Å²) in [5.74, 6) is 1.44. The molecule has 0 atom stereocenters. The second-order valence-corrected chi connectivity index (χ2v) is 28.0. The highest BCUT2D eigenvalue weighted by Crippen LogP contribution is 2.50. The minimum atomic E-state index is 0.721. The molecule has 6 heterocycles. The number of fused-ring (bicyclic) bond motifs is 24. The molecule has 464 valence electrons. The van der Waals surface area contributed by atoms with Crippen LogP contribution in [0.15, 0.2) is 328 Å². The van der Waals surface area contributed by atoms with Crippen molar-refractivity contribution < 1.29 is 0 Å². The first kappa shape index (κ1) is 56.5.